The molecular formula is C16H21N3O4. The highest BCUT2D eigenvalue weighted by atomic mass is 16.4. The van der Waals surface area contributed by atoms with Crippen LogP contribution in [0.2, 0.25) is 0 Å². The molecule has 1 aliphatic rings. The summed E-state index contributed by atoms with van der Waals surface area (Å²) in [7, 11) is 1.87. The Morgan fingerprint density at radius 1 is 1.35 bits per heavy atom. The summed E-state index contributed by atoms with van der Waals surface area (Å²) in [6.45, 7) is 4.05. The number of carboxylic acids is 1. The summed E-state index contributed by atoms with van der Waals surface area (Å²) in [6.07, 6.45) is 0.376. The van der Waals surface area contributed by atoms with Crippen LogP contribution >= 0.6 is 0 Å². The Labute approximate surface area is 134 Å². The van der Waals surface area contributed by atoms with Crippen LogP contribution in [0.15, 0.2) is 18.2 Å². The van der Waals surface area contributed by atoms with Crippen molar-refractivity contribution in [1.82, 2.24) is 5.32 Å². The quantitative estimate of drug-likeness (QED) is 0.777. The van der Waals surface area contributed by atoms with Gasteiger partial charge in [0.2, 0.25) is 5.91 Å². The van der Waals surface area contributed by atoms with E-state index < -0.39 is 17.9 Å². The number of hydrogen-bond acceptors (Lipinski definition) is 4. The van der Waals surface area contributed by atoms with Crippen LogP contribution in [-0.2, 0) is 9.59 Å². The molecule has 1 aromatic rings. The molecule has 0 spiro atoms. The van der Waals surface area contributed by atoms with Gasteiger partial charge in [-0.15, -0.1) is 0 Å². The molecule has 1 atom stereocenters. The minimum Gasteiger partial charge on any atom is -0.480 e. The summed E-state index contributed by atoms with van der Waals surface area (Å²) in [5, 5.41) is 14.4. The Balaban J connectivity index is 2.26. The largest absolute Gasteiger partial charge is 0.480 e. The number of aliphatic carboxylic acids is 1. The van der Waals surface area contributed by atoms with Gasteiger partial charge in [0.1, 0.15) is 6.04 Å². The first-order valence-corrected chi connectivity index (χ1v) is 7.48. The number of fused-ring (bicyclic) bond motifs is 1. The normalized spacial score (nSPS) is 15.5. The minimum atomic E-state index is -1.07. The molecule has 2 amide bonds. The molecule has 1 aromatic carbocycles. The number of benzene rings is 1. The van der Waals surface area contributed by atoms with Gasteiger partial charge in [-0.25, -0.2) is 4.79 Å². The maximum atomic E-state index is 12.3. The first-order chi connectivity index (χ1) is 10.8. The Morgan fingerprint density at radius 2 is 2.04 bits per heavy atom. The summed E-state index contributed by atoms with van der Waals surface area (Å²) in [6, 6.07) is 3.99. The lowest BCUT2D eigenvalue weighted by atomic mass is 10.0. The van der Waals surface area contributed by atoms with Crippen molar-refractivity contribution in [2.45, 2.75) is 26.3 Å². The molecule has 124 valence electrons. The SMILES string of the molecule is CC(C)[C@H](NC(=O)c1ccc2c(c1)NC(=O)CCN2C)C(=O)O. The summed E-state index contributed by atoms with van der Waals surface area (Å²) >= 11 is 0. The Bertz CT molecular complexity index is 642. The number of rotatable bonds is 4. The van der Waals surface area contributed by atoms with Crippen LogP contribution in [0.3, 0.4) is 0 Å². The topological polar surface area (TPSA) is 98.7 Å². The molecule has 7 nitrogen and oxygen atoms in total. The fourth-order valence-electron chi connectivity index (χ4n) is 2.45. The van der Waals surface area contributed by atoms with E-state index >= 15 is 0 Å². The summed E-state index contributed by atoms with van der Waals surface area (Å²) in [5.41, 5.74) is 1.69. The molecule has 0 radical (unpaired) electrons. The van der Waals surface area contributed by atoms with Gasteiger partial charge < -0.3 is 20.6 Å². The average molecular weight is 319 g/mol. The highest BCUT2D eigenvalue weighted by Crippen LogP contribution is 2.28. The van der Waals surface area contributed by atoms with E-state index in [0.29, 0.717) is 24.2 Å². The molecule has 0 fully saturated rings. The number of carboxylic acid groups (broad SMARTS) is 1. The lowest BCUT2D eigenvalue weighted by molar-refractivity contribution is -0.140. The van der Waals surface area contributed by atoms with Crippen LogP contribution in [0, 0.1) is 5.92 Å². The smallest absolute Gasteiger partial charge is 0.326 e. The van der Waals surface area contributed by atoms with E-state index in [2.05, 4.69) is 10.6 Å². The van der Waals surface area contributed by atoms with Crippen LogP contribution in [0.4, 0.5) is 11.4 Å². The summed E-state index contributed by atoms with van der Waals surface area (Å²) < 4.78 is 0. The first-order valence-electron chi connectivity index (χ1n) is 7.48. The molecule has 1 aliphatic heterocycles. The second-order valence-corrected chi connectivity index (χ2v) is 5.99. The van der Waals surface area contributed by atoms with Crippen molar-refractivity contribution in [3.05, 3.63) is 23.8 Å². The number of anilines is 2. The molecule has 0 bridgehead atoms. The van der Waals surface area contributed by atoms with Crippen LogP contribution < -0.4 is 15.5 Å². The third kappa shape index (κ3) is 3.80. The molecule has 0 saturated heterocycles. The molecular weight excluding hydrogens is 298 g/mol. The number of amides is 2. The van der Waals surface area contributed by atoms with Crippen molar-refractivity contribution in [1.29, 1.82) is 0 Å². The lowest BCUT2D eigenvalue weighted by Gasteiger charge is -2.20. The number of hydrogen-bond donors (Lipinski definition) is 3. The zero-order chi connectivity index (χ0) is 17.1. The predicted octanol–water partition coefficient (Wildman–Crippen LogP) is 1.30. The van der Waals surface area contributed by atoms with Gasteiger partial charge >= 0.3 is 5.97 Å². The number of carbonyl (C=O) groups excluding carboxylic acids is 2. The monoisotopic (exact) mass is 319 g/mol. The van der Waals surface area contributed by atoms with E-state index in [-0.39, 0.29) is 11.8 Å². The summed E-state index contributed by atoms with van der Waals surface area (Å²) in [5.74, 6) is -1.90. The molecule has 0 aliphatic carbocycles. The highest BCUT2D eigenvalue weighted by molar-refractivity contribution is 6.01. The van der Waals surface area contributed by atoms with Crippen molar-refractivity contribution in [3.63, 3.8) is 0 Å². The maximum absolute atomic E-state index is 12.3. The van der Waals surface area contributed by atoms with Crippen LogP contribution in [0.5, 0.6) is 0 Å². The lowest BCUT2D eigenvalue weighted by Crippen LogP contribution is -2.44. The average Bonchev–Trinajstić information content (AvgIpc) is 2.62. The van der Waals surface area contributed by atoms with Gasteiger partial charge in [-0.3, -0.25) is 9.59 Å². The van der Waals surface area contributed by atoms with Crippen molar-refractivity contribution in [3.8, 4) is 0 Å². The Morgan fingerprint density at radius 3 is 2.65 bits per heavy atom. The van der Waals surface area contributed by atoms with E-state index in [1.165, 1.54) is 0 Å². The third-order valence-electron chi connectivity index (χ3n) is 3.84. The van der Waals surface area contributed by atoms with Gasteiger partial charge in [0.15, 0.2) is 0 Å². The van der Waals surface area contributed by atoms with Crippen molar-refractivity contribution in [2.24, 2.45) is 5.92 Å². The minimum absolute atomic E-state index is 0.112. The Hall–Kier alpha value is -2.57. The van der Waals surface area contributed by atoms with E-state index in [0.717, 1.165) is 5.69 Å². The molecule has 2 rings (SSSR count). The fraction of sp³-hybridized carbons (Fsp3) is 0.438. The summed E-state index contributed by atoms with van der Waals surface area (Å²) in [4.78, 5) is 37.1. The molecule has 1 heterocycles. The molecule has 3 N–H and O–H groups in total. The Kier molecular flexibility index (Phi) is 4.88. The van der Waals surface area contributed by atoms with Gasteiger partial charge in [0.25, 0.3) is 5.91 Å². The molecule has 7 heteroatoms. The van der Waals surface area contributed by atoms with Gasteiger partial charge in [-0.2, -0.15) is 0 Å². The van der Waals surface area contributed by atoms with Gasteiger partial charge in [0, 0.05) is 25.6 Å². The standard InChI is InChI=1S/C16H21N3O4/c1-9(2)14(16(22)23)18-15(21)10-4-5-12-11(8-10)17-13(20)6-7-19(12)3/h4-5,8-9,14H,6-7H2,1-3H3,(H,17,20)(H,18,21)(H,22,23)/t14-/m0/s1. The van der Waals surface area contributed by atoms with E-state index in [1.807, 2.05) is 11.9 Å². The highest BCUT2D eigenvalue weighted by Gasteiger charge is 2.25. The molecule has 23 heavy (non-hydrogen) atoms. The second kappa shape index (κ2) is 6.68. The van der Waals surface area contributed by atoms with Gasteiger partial charge in [-0.05, 0) is 24.1 Å². The maximum Gasteiger partial charge on any atom is 0.326 e. The van der Waals surface area contributed by atoms with Crippen LogP contribution in [0.25, 0.3) is 0 Å². The van der Waals surface area contributed by atoms with Crippen molar-refractivity contribution >= 4 is 29.2 Å². The zero-order valence-electron chi connectivity index (χ0n) is 13.4. The number of nitrogens with zero attached hydrogens (tertiary/aromatic N) is 1. The van der Waals surface area contributed by atoms with Crippen molar-refractivity contribution in [2.75, 3.05) is 23.8 Å². The molecule has 0 saturated carbocycles. The fourth-order valence-corrected chi connectivity index (χ4v) is 2.45. The number of carbonyl (C=O) groups is 3. The van der Waals surface area contributed by atoms with Crippen molar-refractivity contribution < 1.29 is 19.5 Å². The van der Waals surface area contributed by atoms with E-state index in [9.17, 15) is 14.4 Å². The van der Waals surface area contributed by atoms with Gasteiger partial charge in [-0.1, -0.05) is 13.8 Å². The number of nitrogens with one attached hydrogen (secondary N) is 2. The first kappa shape index (κ1) is 16.8. The molecule has 0 aromatic heterocycles. The zero-order valence-corrected chi connectivity index (χ0v) is 13.4. The van der Waals surface area contributed by atoms with E-state index in [4.69, 9.17) is 5.11 Å². The predicted molar refractivity (Wildman–Crippen MR) is 86.7 cm³/mol. The van der Waals surface area contributed by atoms with Gasteiger partial charge in [0.05, 0.1) is 11.4 Å². The van der Waals surface area contributed by atoms with Crippen LogP contribution in [0.1, 0.15) is 30.6 Å². The molecule has 0 unspecified atom stereocenters. The van der Waals surface area contributed by atoms with Crippen LogP contribution in [-0.4, -0.2) is 42.5 Å². The van der Waals surface area contributed by atoms with E-state index in [1.54, 1.807) is 32.0 Å². The third-order valence-corrected chi connectivity index (χ3v) is 3.84. The second-order valence-electron chi connectivity index (χ2n) is 5.99.